The Bertz CT molecular complexity index is 506. The number of nitrogens with zero attached hydrogens (tertiary/aromatic N) is 3. The molecule has 0 fully saturated rings. The van der Waals surface area contributed by atoms with Crippen LogP contribution >= 0.6 is 0 Å². The molecule has 0 saturated carbocycles. The van der Waals surface area contributed by atoms with E-state index in [0.717, 1.165) is 5.69 Å². The lowest BCUT2D eigenvalue weighted by Gasteiger charge is -2.19. The Balaban J connectivity index is 2.08. The number of nitrogens with two attached hydrogens (primary N) is 1. The van der Waals surface area contributed by atoms with Crippen molar-refractivity contribution in [2.75, 3.05) is 6.61 Å². The molecule has 0 aromatic carbocycles. The van der Waals surface area contributed by atoms with Crippen molar-refractivity contribution >= 4 is 0 Å². The summed E-state index contributed by atoms with van der Waals surface area (Å²) in [6.07, 6.45) is 3.90. The van der Waals surface area contributed by atoms with E-state index in [9.17, 15) is 0 Å². The molecule has 2 heterocycles. The van der Waals surface area contributed by atoms with Gasteiger partial charge in [-0.1, -0.05) is 5.16 Å². The van der Waals surface area contributed by atoms with Gasteiger partial charge in [-0.15, -0.1) is 0 Å². The first-order valence-electron chi connectivity index (χ1n) is 6.23. The van der Waals surface area contributed by atoms with Crippen LogP contribution in [0.4, 0.5) is 0 Å². The number of aromatic nitrogens is 4. The largest absolute Gasteiger partial charge is 0.368 e. The summed E-state index contributed by atoms with van der Waals surface area (Å²) in [4.78, 5) is 11.2. The van der Waals surface area contributed by atoms with Gasteiger partial charge in [0.25, 0.3) is 0 Å². The minimum absolute atomic E-state index is 0.362. The quantitative estimate of drug-likeness (QED) is 0.816. The number of hydrogen-bond donors (Lipinski definition) is 2. The number of aromatic amines is 1. The van der Waals surface area contributed by atoms with Gasteiger partial charge in [0.2, 0.25) is 11.7 Å². The van der Waals surface area contributed by atoms with Crippen molar-refractivity contribution in [3.8, 4) is 0 Å². The zero-order valence-corrected chi connectivity index (χ0v) is 11.4. The van der Waals surface area contributed by atoms with E-state index in [4.69, 9.17) is 15.0 Å². The van der Waals surface area contributed by atoms with Crippen LogP contribution in [-0.4, -0.2) is 26.7 Å². The van der Waals surface area contributed by atoms with Crippen LogP contribution < -0.4 is 5.73 Å². The summed E-state index contributed by atoms with van der Waals surface area (Å²) in [5.74, 6) is 0.904. The summed E-state index contributed by atoms with van der Waals surface area (Å²) in [6, 6.07) is -0.362. The first-order chi connectivity index (χ1) is 9.03. The zero-order chi connectivity index (χ0) is 13.9. The Morgan fingerprint density at radius 2 is 2.32 bits per heavy atom. The molecule has 0 aliphatic heterocycles. The molecule has 7 nitrogen and oxygen atoms in total. The molecule has 0 unspecified atom stereocenters. The van der Waals surface area contributed by atoms with Crippen molar-refractivity contribution in [2.45, 2.75) is 38.8 Å². The molecule has 2 rings (SSSR count). The average Bonchev–Trinajstić information content (AvgIpc) is 2.99. The monoisotopic (exact) mass is 265 g/mol. The number of ether oxygens (including phenoxy) is 1. The van der Waals surface area contributed by atoms with E-state index >= 15 is 0 Å². The second kappa shape index (κ2) is 5.50. The molecule has 0 saturated heterocycles. The lowest BCUT2D eigenvalue weighted by molar-refractivity contribution is -0.0221. The molecule has 0 bridgehead atoms. The number of imidazole rings is 1. The van der Waals surface area contributed by atoms with Crippen molar-refractivity contribution in [3.63, 3.8) is 0 Å². The lowest BCUT2D eigenvalue weighted by atomic mass is 10.1. The van der Waals surface area contributed by atoms with Gasteiger partial charge in [0.05, 0.1) is 12.4 Å². The molecule has 2 aromatic heterocycles. The Labute approximate surface area is 111 Å². The second-order valence-electron chi connectivity index (χ2n) is 4.79. The van der Waals surface area contributed by atoms with Gasteiger partial charge in [-0.05, 0) is 20.8 Å². The first kappa shape index (κ1) is 13.7. The molecule has 0 amide bonds. The Hall–Kier alpha value is -1.73. The summed E-state index contributed by atoms with van der Waals surface area (Å²) in [5.41, 5.74) is 6.38. The molecule has 0 radical (unpaired) electrons. The van der Waals surface area contributed by atoms with Crippen molar-refractivity contribution in [2.24, 2.45) is 5.73 Å². The van der Waals surface area contributed by atoms with Gasteiger partial charge in [-0.3, -0.25) is 0 Å². The Kier molecular flexibility index (Phi) is 3.96. The minimum Gasteiger partial charge on any atom is -0.368 e. The molecule has 3 N–H and O–H groups in total. The third-order valence-electron chi connectivity index (χ3n) is 2.80. The van der Waals surface area contributed by atoms with Crippen LogP contribution in [0.15, 0.2) is 17.0 Å². The molecule has 7 heteroatoms. The minimum atomic E-state index is -0.579. The van der Waals surface area contributed by atoms with Crippen molar-refractivity contribution in [3.05, 3.63) is 29.9 Å². The van der Waals surface area contributed by atoms with E-state index in [0.29, 0.717) is 24.7 Å². The molecule has 104 valence electrons. The van der Waals surface area contributed by atoms with Crippen LogP contribution in [0.5, 0.6) is 0 Å². The van der Waals surface area contributed by atoms with Gasteiger partial charge in [0, 0.05) is 24.9 Å². The fourth-order valence-corrected chi connectivity index (χ4v) is 1.78. The molecule has 0 aliphatic carbocycles. The summed E-state index contributed by atoms with van der Waals surface area (Å²) >= 11 is 0. The molecule has 2 aromatic rings. The Morgan fingerprint density at radius 3 is 2.95 bits per heavy atom. The maximum Gasteiger partial charge on any atom is 0.244 e. The maximum absolute atomic E-state index is 6.03. The average molecular weight is 265 g/mol. The molecule has 0 aliphatic rings. The highest BCUT2D eigenvalue weighted by atomic mass is 16.5. The predicted molar refractivity (Wildman–Crippen MR) is 68.2 cm³/mol. The number of rotatable bonds is 6. The van der Waals surface area contributed by atoms with Crippen LogP contribution in [0.3, 0.4) is 0 Å². The highest BCUT2D eigenvalue weighted by Gasteiger charge is 2.28. The first-order valence-corrected chi connectivity index (χ1v) is 6.23. The third kappa shape index (κ3) is 3.18. The van der Waals surface area contributed by atoms with E-state index < -0.39 is 5.60 Å². The fourth-order valence-electron chi connectivity index (χ4n) is 1.78. The van der Waals surface area contributed by atoms with Crippen molar-refractivity contribution in [1.29, 1.82) is 0 Å². The summed E-state index contributed by atoms with van der Waals surface area (Å²) in [6.45, 7) is 6.29. The van der Waals surface area contributed by atoms with Gasteiger partial charge in [-0.25, -0.2) is 4.98 Å². The van der Waals surface area contributed by atoms with Gasteiger partial charge < -0.3 is 20.0 Å². The van der Waals surface area contributed by atoms with Crippen LogP contribution in [-0.2, 0) is 16.8 Å². The van der Waals surface area contributed by atoms with E-state index in [1.54, 1.807) is 12.5 Å². The van der Waals surface area contributed by atoms with Crippen LogP contribution in [0.2, 0.25) is 0 Å². The van der Waals surface area contributed by atoms with E-state index in [-0.39, 0.29) is 6.04 Å². The van der Waals surface area contributed by atoms with Crippen LogP contribution in [0.1, 0.15) is 44.2 Å². The van der Waals surface area contributed by atoms with E-state index in [2.05, 4.69) is 20.1 Å². The molecule has 1 atom stereocenters. The SMILES string of the molecule is CCOC(C)(C)c1noc([C@H](N)Cc2cnc[nH]2)n1. The Morgan fingerprint density at radius 1 is 1.53 bits per heavy atom. The predicted octanol–water partition coefficient (Wildman–Crippen LogP) is 1.31. The molecular weight excluding hydrogens is 246 g/mol. The van der Waals surface area contributed by atoms with Gasteiger partial charge in [0.15, 0.2) is 0 Å². The summed E-state index contributed by atoms with van der Waals surface area (Å²) in [5, 5.41) is 3.94. The summed E-state index contributed by atoms with van der Waals surface area (Å²) < 4.78 is 10.8. The van der Waals surface area contributed by atoms with Gasteiger partial charge in [0.1, 0.15) is 5.60 Å². The van der Waals surface area contributed by atoms with Gasteiger partial charge >= 0.3 is 0 Å². The van der Waals surface area contributed by atoms with Crippen molar-refractivity contribution in [1.82, 2.24) is 20.1 Å². The van der Waals surface area contributed by atoms with Gasteiger partial charge in [-0.2, -0.15) is 4.98 Å². The van der Waals surface area contributed by atoms with Crippen LogP contribution in [0, 0.1) is 0 Å². The second-order valence-corrected chi connectivity index (χ2v) is 4.79. The molecule has 0 spiro atoms. The third-order valence-corrected chi connectivity index (χ3v) is 2.80. The highest BCUT2D eigenvalue weighted by molar-refractivity contribution is 5.04. The van der Waals surface area contributed by atoms with E-state index in [1.165, 1.54) is 0 Å². The van der Waals surface area contributed by atoms with E-state index in [1.807, 2.05) is 20.8 Å². The lowest BCUT2D eigenvalue weighted by Crippen LogP contribution is -2.23. The number of hydrogen-bond acceptors (Lipinski definition) is 6. The number of nitrogens with one attached hydrogen (secondary N) is 1. The fraction of sp³-hybridized carbons (Fsp3) is 0.583. The number of H-pyrrole nitrogens is 1. The summed E-state index contributed by atoms with van der Waals surface area (Å²) in [7, 11) is 0. The standard InChI is InChI=1S/C12H19N5O2/c1-4-18-12(2,3)11-16-10(19-17-11)9(13)5-8-6-14-7-15-8/h6-7,9H,4-5,13H2,1-3H3,(H,14,15)/t9-/m1/s1. The molecular formula is C12H19N5O2. The van der Waals surface area contributed by atoms with Crippen molar-refractivity contribution < 1.29 is 9.26 Å². The smallest absolute Gasteiger partial charge is 0.244 e. The zero-order valence-electron chi connectivity index (χ0n) is 11.4. The highest BCUT2D eigenvalue weighted by Crippen LogP contribution is 2.23. The molecule has 19 heavy (non-hydrogen) atoms. The normalized spacial score (nSPS) is 13.7. The van der Waals surface area contributed by atoms with Crippen LogP contribution in [0.25, 0.3) is 0 Å². The maximum atomic E-state index is 6.03. The topological polar surface area (TPSA) is 103 Å².